The predicted octanol–water partition coefficient (Wildman–Crippen LogP) is 6.89. The molecule has 0 aliphatic heterocycles. The summed E-state index contributed by atoms with van der Waals surface area (Å²) in [5.41, 5.74) is 0. The Labute approximate surface area is 376 Å². The Morgan fingerprint density at radius 2 is 1.05 bits per heavy atom. The van der Waals surface area contributed by atoms with Crippen molar-refractivity contribution in [3.05, 3.63) is 60.8 Å². The van der Waals surface area contributed by atoms with Crippen molar-refractivity contribution in [1.29, 1.82) is 0 Å². The first kappa shape index (κ1) is 58.5. The number of hydrogen-bond donors (Lipinski definition) is 8. The van der Waals surface area contributed by atoms with Crippen LogP contribution in [0.4, 0.5) is 0 Å². The largest absolute Gasteiger partial charge is 0.472 e. The Balaban J connectivity index is 2.59. The van der Waals surface area contributed by atoms with Gasteiger partial charge in [0.25, 0.3) is 0 Å². The van der Waals surface area contributed by atoms with Gasteiger partial charge in [-0.2, -0.15) is 0 Å². The van der Waals surface area contributed by atoms with E-state index in [2.05, 4.69) is 32.1 Å². The van der Waals surface area contributed by atoms with E-state index in [1.54, 1.807) is 36.5 Å². The van der Waals surface area contributed by atoms with Crippen molar-refractivity contribution in [2.24, 2.45) is 0 Å². The van der Waals surface area contributed by atoms with Crippen LogP contribution in [-0.4, -0.2) is 121 Å². The van der Waals surface area contributed by atoms with Gasteiger partial charge in [-0.1, -0.05) is 139 Å². The Hall–Kier alpha value is -2.53. The fourth-order valence-corrected chi connectivity index (χ4v) is 7.62. The molecule has 364 valence electrons. The Morgan fingerprint density at radius 1 is 0.571 bits per heavy atom. The number of esters is 2. The van der Waals surface area contributed by atoms with Gasteiger partial charge < -0.3 is 50.1 Å². The molecule has 16 heteroatoms. The first-order valence-electron chi connectivity index (χ1n) is 23.3. The summed E-state index contributed by atoms with van der Waals surface area (Å²) in [5, 5.41) is 70.5. The van der Waals surface area contributed by atoms with Crippen LogP contribution in [0.5, 0.6) is 0 Å². The number of phosphoric acid groups is 1. The van der Waals surface area contributed by atoms with Crippen LogP contribution in [0.1, 0.15) is 155 Å². The highest BCUT2D eigenvalue weighted by molar-refractivity contribution is 7.47. The molecule has 8 N–H and O–H groups in total. The highest BCUT2D eigenvalue weighted by Gasteiger charge is 2.51. The minimum Gasteiger partial charge on any atom is -0.462 e. The summed E-state index contributed by atoms with van der Waals surface area (Å²) in [7, 11) is -5.18. The topological polar surface area (TPSA) is 250 Å². The molecule has 0 radical (unpaired) electrons. The molecule has 0 spiro atoms. The van der Waals surface area contributed by atoms with E-state index < -0.39 is 87.9 Å². The maximum atomic E-state index is 12.8. The number of unbranched alkanes of at least 4 members (excludes halogenated alkanes) is 14. The minimum atomic E-state index is -5.18. The standard InChI is InChI=1S/C47H81O15P/c1-3-5-7-9-11-12-13-14-15-16-17-18-19-21-27-33-41(51)61-39(36-60-63(57,58)62-47-45(55)43(53)42(52)44(54)46(47)56)35-59-40(50)34-28-32-38(49)31-26-23-22-25-30-37(48)29-24-20-10-8-6-4-2/h14-15,20,22-26,30-31,37-39,42-49,52-56H,3-13,16-19,21,27-29,32-36H2,1-2H3,(H,57,58)/b15-14-,23-22+,24-20-,30-25+,31-26-/t37-,38-,39-,42?,43-,44+,45-,46-,47?/m1/s1. The van der Waals surface area contributed by atoms with Crippen LogP contribution in [0, 0.1) is 0 Å². The van der Waals surface area contributed by atoms with E-state index in [4.69, 9.17) is 18.5 Å². The lowest BCUT2D eigenvalue weighted by Gasteiger charge is -2.41. The summed E-state index contributed by atoms with van der Waals surface area (Å²) in [4.78, 5) is 35.7. The second-order valence-corrected chi connectivity index (χ2v) is 17.7. The van der Waals surface area contributed by atoms with Crippen molar-refractivity contribution in [2.75, 3.05) is 13.2 Å². The van der Waals surface area contributed by atoms with E-state index in [0.717, 1.165) is 51.4 Å². The quantitative estimate of drug-likeness (QED) is 0.0104. The van der Waals surface area contributed by atoms with E-state index in [9.17, 15) is 54.8 Å². The molecule has 0 aromatic rings. The molecule has 3 unspecified atom stereocenters. The lowest BCUT2D eigenvalue weighted by molar-refractivity contribution is -0.220. The van der Waals surface area contributed by atoms with Gasteiger partial charge in [0.1, 0.15) is 43.2 Å². The van der Waals surface area contributed by atoms with Crippen LogP contribution in [0.2, 0.25) is 0 Å². The molecule has 1 aliphatic carbocycles. The fraction of sp³-hybridized carbons (Fsp3) is 0.745. The van der Waals surface area contributed by atoms with Crippen molar-refractivity contribution in [2.45, 2.75) is 210 Å². The number of allylic oxidation sites excluding steroid dienone is 7. The number of phosphoric ester groups is 1. The van der Waals surface area contributed by atoms with Crippen molar-refractivity contribution in [1.82, 2.24) is 0 Å². The van der Waals surface area contributed by atoms with Crippen molar-refractivity contribution in [3.63, 3.8) is 0 Å². The lowest BCUT2D eigenvalue weighted by Crippen LogP contribution is -2.64. The van der Waals surface area contributed by atoms with E-state index in [1.165, 1.54) is 51.4 Å². The molecule has 0 aromatic heterocycles. The second kappa shape index (κ2) is 36.7. The monoisotopic (exact) mass is 917 g/mol. The molecule has 10 atom stereocenters. The van der Waals surface area contributed by atoms with Gasteiger partial charge >= 0.3 is 19.8 Å². The van der Waals surface area contributed by atoms with Crippen LogP contribution in [-0.2, 0) is 32.7 Å². The summed E-state index contributed by atoms with van der Waals surface area (Å²) < 4.78 is 33.3. The summed E-state index contributed by atoms with van der Waals surface area (Å²) in [6, 6.07) is 0. The summed E-state index contributed by atoms with van der Waals surface area (Å²) >= 11 is 0. The van der Waals surface area contributed by atoms with Crippen LogP contribution in [0.3, 0.4) is 0 Å². The van der Waals surface area contributed by atoms with Gasteiger partial charge in [-0.05, 0) is 64.2 Å². The third-order valence-corrected chi connectivity index (χ3v) is 11.5. The molecule has 1 fully saturated rings. The molecule has 0 heterocycles. The zero-order valence-electron chi connectivity index (χ0n) is 37.8. The van der Waals surface area contributed by atoms with Crippen molar-refractivity contribution in [3.8, 4) is 0 Å². The molecular weight excluding hydrogens is 835 g/mol. The lowest BCUT2D eigenvalue weighted by atomic mass is 9.85. The zero-order valence-corrected chi connectivity index (χ0v) is 38.7. The number of aliphatic hydroxyl groups is 7. The van der Waals surface area contributed by atoms with Gasteiger partial charge in [0.05, 0.1) is 18.8 Å². The highest BCUT2D eigenvalue weighted by Crippen LogP contribution is 2.47. The zero-order chi connectivity index (χ0) is 46.7. The van der Waals surface area contributed by atoms with Crippen LogP contribution in [0.15, 0.2) is 60.8 Å². The van der Waals surface area contributed by atoms with E-state index in [0.29, 0.717) is 12.8 Å². The number of aliphatic hydroxyl groups excluding tert-OH is 7. The SMILES string of the molecule is CCCCC/C=C\C[C@@H](O)/C=C/C=C/C=C\[C@@H](O)CCCC(=O)OC[C@H](COP(=O)(O)OC1[C@H](O)[C@H](O)C(O)[C@H](O)[C@H]1O)OC(=O)CCCCCCC/C=C\CCCCCCCC. The van der Waals surface area contributed by atoms with Crippen molar-refractivity contribution >= 4 is 19.8 Å². The molecule has 1 aliphatic rings. The van der Waals surface area contributed by atoms with Crippen LogP contribution < -0.4 is 0 Å². The highest BCUT2D eigenvalue weighted by atomic mass is 31.2. The fourth-order valence-electron chi connectivity index (χ4n) is 6.65. The van der Waals surface area contributed by atoms with Gasteiger partial charge in [-0.25, -0.2) is 4.57 Å². The Kier molecular flexibility index (Phi) is 34.0. The minimum absolute atomic E-state index is 0.0319. The molecule has 0 bridgehead atoms. The first-order chi connectivity index (χ1) is 30.2. The molecule has 0 amide bonds. The average molecular weight is 917 g/mol. The van der Waals surface area contributed by atoms with Crippen molar-refractivity contribution < 1.29 is 73.3 Å². The number of carbonyl (C=O) groups excluding carboxylic acids is 2. The molecule has 1 saturated carbocycles. The molecule has 0 saturated heterocycles. The molecule has 1 rings (SSSR count). The smallest absolute Gasteiger partial charge is 0.462 e. The average Bonchev–Trinajstić information content (AvgIpc) is 3.25. The number of rotatable bonds is 37. The maximum Gasteiger partial charge on any atom is 0.472 e. The van der Waals surface area contributed by atoms with Gasteiger partial charge in [0.2, 0.25) is 0 Å². The third kappa shape index (κ3) is 29.6. The Morgan fingerprint density at radius 3 is 1.65 bits per heavy atom. The summed E-state index contributed by atoms with van der Waals surface area (Å²) in [6.07, 6.45) is 23.2. The van der Waals surface area contributed by atoms with E-state index >= 15 is 0 Å². The predicted molar refractivity (Wildman–Crippen MR) is 242 cm³/mol. The Bertz CT molecular complexity index is 1370. The number of hydrogen-bond acceptors (Lipinski definition) is 14. The summed E-state index contributed by atoms with van der Waals surface area (Å²) in [5.74, 6) is -1.35. The molecule has 0 aromatic carbocycles. The van der Waals surface area contributed by atoms with Crippen LogP contribution in [0.25, 0.3) is 0 Å². The van der Waals surface area contributed by atoms with E-state index in [1.807, 2.05) is 6.08 Å². The van der Waals surface area contributed by atoms with Gasteiger partial charge in [0, 0.05) is 12.8 Å². The second-order valence-electron chi connectivity index (χ2n) is 16.3. The summed E-state index contributed by atoms with van der Waals surface area (Å²) in [6.45, 7) is 3.00. The van der Waals surface area contributed by atoms with E-state index in [-0.39, 0.29) is 25.7 Å². The number of ether oxygens (including phenoxy) is 2. The van der Waals surface area contributed by atoms with Crippen LogP contribution >= 0.6 is 7.82 Å². The molecule has 15 nitrogen and oxygen atoms in total. The van der Waals surface area contributed by atoms with Gasteiger partial charge in [0.15, 0.2) is 6.10 Å². The third-order valence-electron chi connectivity index (χ3n) is 10.5. The molecule has 63 heavy (non-hydrogen) atoms. The maximum absolute atomic E-state index is 12.8. The number of carbonyl (C=O) groups is 2. The molecular formula is C47H81O15P. The van der Waals surface area contributed by atoms with Gasteiger partial charge in [-0.15, -0.1) is 0 Å². The first-order valence-corrected chi connectivity index (χ1v) is 24.8. The van der Waals surface area contributed by atoms with Gasteiger partial charge in [-0.3, -0.25) is 18.6 Å². The normalized spacial score (nSPS) is 23.3.